The van der Waals surface area contributed by atoms with Gasteiger partial charge < -0.3 is 19.5 Å². The number of benzene rings is 1. The molecule has 1 fully saturated rings. The molecule has 7 heteroatoms. The highest BCUT2D eigenvalue weighted by molar-refractivity contribution is 7.13. The van der Waals surface area contributed by atoms with Crippen molar-refractivity contribution in [1.82, 2.24) is 15.2 Å². The largest absolute Gasteiger partial charge is 0.443 e. The molecule has 144 valence electrons. The molecule has 6 nitrogen and oxygen atoms in total. The van der Waals surface area contributed by atoms with Crippen molar-refractivity contribution in [3.05, 3.63) is 59.3 Å². The van der Waals surface area contributed by atoms with Crippen molar-refractivity contribution in [2.45, 2.75) is 25.4 Å². The van der Waals surface area contributed by atoms with Crippen LogP contribution in [0.5, 0.6) is 0 Å². The summed E-state index contributed by atoms with van der Waals surface area (Å²) >= 11 is 1.59. The Morgan fingerprint density at radius 3 is 3.07 bits per heavy atom. The van der Waals surface area contributed by atoms with Crippen LogP contribution in [0.15, 0.2) is 52.5 Å². The third-order valence-electron chi connectivity index (χ3n) is 5.45. The number of thiophene rings is 1. The number of para-hydroxylation sites is 1. The summed E-state index contributed by atoms with van der Waals surface area (Å²) in [5, 5.41) is 5.00. The van der Waals surface area contributed by atoms with Crippen LogP contribution in [-0.2, 0) is 13.0 Å². The molecule has 1 unspecified atom stereocenters. The van der Waals surface area contributed by atoms with Gasteiger partial charge in [-0.1, -0.05) is 24.3 Å². The Morgan fingerprint density at radius 1 is 1.25 bits per heavy atom. The SMILES string of the molecule is O=C(NCc1coc(-c2cccs2)n1)N1CCCN2c3ccccc3CC2C1. The lowest BCUT2D eigenvalue weighted by molar-refractivity contribution is 0.197. The zero-order chi connectivity index (χ0) is 18.9. The lowest BCUT2D eigenvalue weighted by Gasteiger charge is -2.27. The van der Waals surface area contributed by atoms with E-state index in [1.165, 1.54) is 11.3 Å². The van der Waals surface area contributed by atoms with E-state index in [4.69, 9.17) is 4.42 Å². The third-order valence-corrected chi connectivity index (χ3v) is 6.31. The third kappa shape index (κ3) is 3.26. The molecular formula is C21H22N4O2S. The van der Waals surface area contributed by atoms with Gasteiger partial charge in [0.2, 0.25) is 5.89 Å². The molecule has 2 aromatic heterocycles. The van der Waals surface area contributed by atoms with Crippen molar-refractivity contribution in [3.63, 3.8) is 0 Å². The second-order valence-electron chi connectivity index (χ2n) is 7.26. The summed E-state index contributed by atoms with van der Waals surface area (Å²) in [7, 11) is 0. The summed E-state index contributed by atoms with van der Waals surface area (Å²) in [6, 6.07) is 12.9. The number of oxazole rings is 1. The fraction of sp³-hybridized carbons (Fsp3) is 0.333. The van der Waals surface area contributed by atoms with Gasteiger partial charge in [-0.05, 0) is 35.9 Å². The molecule has 0 radical (unpaired) electrons. The molecule has 4 heterocycles. The van der Waals surface area contributed by atoms with Crippen LogP contribution in [0.4, 0.5) is 10.5 Å². The van der Waals surface area contributed by atoms with Crippen molar-refractivity contribution in [3.8, 4) is 10.8 Å². The summed E-state index contributed by atoms with van der Waals surface area (Å²) in [6.45, 7) is 2.90. The minimum Gasteiger partial charge on any atom is -0.443 e. The summed E-state index contributed by atoms with van der Waals surface area (Å²) in [4.78, 5) is 22.6. The van der Waals surface area contributed by atoms with E-state index in [2.05, 4.69) is 39.5 Å². The number of hydrogen-bond acceptors (Lipinski definition) is 5. The Kier molecular flexibility index (Phi) is 4.52. The molecule has 0 saturated carbocycles. The van der Waals surface area contributed by atoms with Crippen LogP contribution in [-0.4, -0.2) is 41.6 Å². The van der Waals surface area contributed by atoms with E-state index in [1.54, 1.807) is 17.6 Å². The van der Waals surface area contributed by atoms with E-state index in [9.17, 15) is 4.79 Å². The Balaban J connectivity index is 1.21. The number of anilines is 1. The maximum Gasteiger partial charge on any atom is 0.317 e. The number of nitrogens with one attached hydrogen (secondary N) is 1. The van der Waals surface area contributed by atoms with Crippen molar-refractivity contribution >= 4 is 23.1 Å². The first kappa shape index (κ1) is 17.3. The predicted octanol–water partition coefficient (Wildman–Crippen LogP) is 3.75. The van der Waals surface area contributed by atoms with Gasteiger partial charge >= 0.3 is 6.03 Å². The molecule has 5 rings (SSSR count). The number of urea groups is 1. The van der Waals surface area contributed by atoms with Crippen LogP contribution in [0.3, 0.4) is 0 Å². The van der Waals surface area contributed by atoms with Crippen LogP contribution >= 0.6 is 11.3 Å². The lowest BCUT2D eigenvalue weighted by atomic mass is 10.1. The number of aromatic nitrogens is 1. The molecule has 2 aliphatic rings. The van der Waals surface area contributed by atoms with Gasteiger partial charge in [-0.2, -0.15) is 0 Å². The number of nitrogens with zero attached hydrogens (tertiary/aromatic N) is 3. The number of carbonyl (C=O) groups excluding carboxylic acids is 1. The minimum atomic E-state index is -0.0292. The fourth-order valence-corrected chi connectivity index (χ4v) is 4.79. The first-order chi connectivity index (χ1) is 13.8. The predicted molar refractivity (Wildman–Crippen MR) is 110 cm³/mol. The van der Waals surface area contributed by atoms with Gasteiger partial charge in [0.1, 0.15) is 6.26 Å². The van der Waals surface area contributed by atoms with E-state index in [0.29, 0.717) is 18.5 Å². The van der Waals surface area contributed by atoms with Crippen molar-refractivity contribution in [1.29, 1.82) is 0 Å². The molecule has 2 amide bonds. The molecule has 28 heavy (non-hydrogen) atoms. The number of fused-ring (bicyclic) bond motifs is 3. The van der Waals surface area contributed by atoms with Crippen LogP contribution in [0.25, 0.3) is 10.8 Å². The van der Waals surface area contributed by atoms with Gasteiger partial charge in [0.25, 0.3) is 0 Å². The Labute approximate surface area is 167 Å². The topological polar surface area (TPSA) is 61.6 Å². The van der Waals surface area contributed by atoms with E-state index in [1.807, 2.05) is 22.4 Å². The van der Waals surface area contributed by atoms with Crippen molar-refractivity contribution in [2.75, 3.05) is 24.5 Å². The van der Waals surface area contributed by atoms with Crippen LogP contribution < -0.4 is 10.2 Å². The average molecular weight is 395 g/mol. The van der Waals surface area contributed by atoms with Crippen molar-refractivity contribution in [2.24, 2.45) is 0 Å². The minimum absolute atomic E-state index is 0.0292. The number of amides is 2. The molecule has 1 N–H and O–H groups in total. The van der Waals surface area contributed by atoms with E-state index in [0.717, 1.165) is 43.0 Å². The van der Waals surface area contributed by atoms with Gasteiger partial charge in [-0.3, -0.25) is 0 Å². The van der Waals surface area contributed by atoms with Crippen LogP contribution in [0, 0.1) is 0 Å². The Morgan fingerprint density at radius 2 is 2.18 bits per heavy atom. The van der Waals surface area contributed by atoms with Gasteiger partial charge in [-0.15, -0.1) is 11.3 Å². The van der Waals surface area contributed by atoms with Gasteiger partial charge in [-0.25, -0.2) is 9.78 Å². The van der Waals surface area contributed by atoms with E-state index in [-0.39, 0.29) is 6.03 Å². The fourth-order valence-electron chi connectivity index (χ4n) is 4.13. The normalized spacial score (nSPS) is 18.5. The monoisotopic (exact) mass is 394 g/mol. The van der Waals surface area contributed by atoms with Gasteiger partial charge in [0, 0.05) is 25.3 Å². The molecule has 1 saturated heterocycles. The first-order valence-electron chi connectivity index (χ1n) is 9.63. The molecule has 2 aliphatic heterocycles. The zero-order valence-electron chi connectivity index (χ0n) is 15.5. The van der Waals surface area contributed by atoms with Gasteiger partial charge in [0.05, 0.1) is 23.2 Å². The van der Waals surface area contributed by atoms with E-state index < -0.39 is 0 Å². The molecule has 3 aromatic rings. The van der Waals surface area contributed by atoms with Crippen LogP contribution in [0.2, 0.25) is 0 Å². The Hall–Kier alpha value is -2.80. The molecular weight excluding hydrogens is 372 g/mol. The average Bonchev–Trinajstić information content (AvgIpc) is 3.43. The quantitative estimate of drug-likeness (QED) is 0.735. The summed E-state index contributed by atoms with van der Waals surface area (Å²) in [6.07, 6.45) is 3.60. The van der Waals surface area contributed by atoms with E-state index >= 15 is 0 Å². The number of rotatable bonds is 3. The summed E-state index contributed by atoms with van der Waals surface area (Å²) in [5.74, 6) is 0.605. The summed E-state index contributed by atoms with van der Waals surface area (Å²) in [5.41, 5.74) is 3.46. The second kappa shape index (κ2) is 7.31. The Bertz CT molecular complexity index is 968. The van der Waals surface area contributed by atoms with Gasteiger partial charge in [0.15, 0.2) is 0 Å². The molecule has 0 spiro atoms. The van der Waals surface area contributed by atoms with Crippen LogP contribution in [0.1, 0.15) is 17.7 Å². The molecule has 1 atom stereocenters. The highest BCUT2D eigenvalue weighted by atomic mass is 32.1. The summed E-state index contributed by atoms with van der Waals surface area (Å²) < 4.78 is 5.53. The maximum absolute atomic E-state index is 12.8. The number of carbonyl (C=O) groups is 1. The highest BCUT2D eigenvalue weighted by Crippen LogP contribution is 2.33. The van der Waals surface area contributed by atoms with Crippen molar-refractivity contribution < 1.29 is 9.21 Å². The maximum atomic E-state index is 12.8. The zero-order valence-corrected chi connectivity index (χ0v) is 16.3. The standard InChI is InChI=1S/C21H22N4O2S/c26-21(22-12-16-14-27-20(23-16)19-7-3-10-28-19)24-8-4-9-25-17(13-24)11-15-5-1-2-6-18(15)25/h1-3,5-7,10,14,17H,4,8-9,11-13H2,(H,22,26). The number of hydrogen-bond donors (Lipinski definition) is 1. The first-order valence-corrected chi connectivity index (χ1v) is 10.5. The molecule has 0 aliphatic carbocycles. The smallest absolute Gasteiger partial charge is 0.317 e. The second-order valence-corrected chi connectivity index (χ2v) is 8.21. The lowest BCUT2D eigenvalue weighted by Crippen LogP contribution is -2.45. The molecule has 0 bridgehead atoms. The highest BCUT2D eigenvalue weighted by Gasteiger charge is 2.33. The molecule has 1 aromatic carbocycles.